The van der Waals surface area contributed by atoms with E-state index >= 15 is 0 Å². The molecule has 0 aliphatic heterocycles. The standard InChI is InChI=1S/C16H12F3NO3S/c1-8-3-9-4-13(22-2)11(17)6-12(9)20(8)15(21)10-5-14(24-7-10)23-16(18)19/h3-7,16H,1-2H3. The summed E-state index contributed by atoms with van der Waals surface area (Å²) in [6.07, 6.45) is 0. The van der Waals surface area contributed by atoms with Crippen LogP contribution in [0.5, 0.6) is 10.8 Å². The Morgan fingerprint density at radius 2 is 2.00 bits per heavy atom. The van der Waals surface area contributed by atoms with Crippen molar-refractivity contribution < 1.29 is 27.4 Å². The number of alkyl halides is 2. The van der Waals surface area contributed by atoms with E-state index in [0.717, 1.165) is 11.3 Å². The smallest absolute Gasteiger partial charge is 0.388 e. The molecule has 4 nitrogen and oxygen atoms in total. The second-order valence-electron chi connectivity index (χ2n) is 5.00. The van der Waals surface area contributed by atoms with Crippen molar-refractivity contribution in [3.63, 3.8) is 0 Å². The Labute approximate surface area is 139 Å². The highest BCUT2D eigenvalue weighted by atomic mass is 32.1. The summed E-state index contributed by atoms with van der Waals surface area (Å²) in [5.74, 6) is -0.966. The van der Waals surface area contributed by atoms with Gasteiger partial charge < -0.3 is 9.47 Å². The summed E-state index contributed by atoms with van der Waals surface area (Å²) in [6.45, 7) is -1.26. The van der Waals surface area contributed by atoms with Crippen LogP contribution >= 0.6 is 11.3 Å². The molecule has 0 saturated heterocycles. The van der Waals surface area contributed by atoms with Gasteiger partial charge in [0.1, 0.15) is 0 Å². The molecule has 3 rings (SSSR count). The molecule has 8 heteroatoms. The number of hydrogen-bond donors (Lipinski definition) is 0. The lowest BCUT2D eigenvalue weighted by molar-refractivity contribution is -0.0472. The van der Waals surface area contributed by atoms with Gasteiger partial charge in [-0.2, -0.15) is 8.78 Å². The normalized spacial score (nSPS) is 11.2. The summed E-state index contributed by atoms with van der Waals surface area (Å²) in [4.78, 5) is 12.7. The van der Waals surface area contributed by atoms with E-state index in [4.69, 9.17) is 4.74 Å². The lowest BCUT2D eigenvalue weighted by Gasteiger charge is -2.07. The summed E-state index contributed by atoms with van der Waals surface area (Å²) in [5.41, 5.74) is 1.15. The topological polar surface area (TPSA) is 40.5 Å². The molecular formula is C16H12F3NO3S. The minimum absolute atomic E-state index is 0.0599. The minimum atomic E-state index is -2.96. The molecule has 2 heterocycles. The second kappa shape index (κ2) is 6.20. The summed E-state index contributed by atoms with van der Waals surface area (Å²) in [5, 5.41) is 2.00. The highest BCUT2D eigenvalue weighted by Crippen LogP contribution is 2.30. The first kappa shape index (κ1) is 16.4. The molecule has 2 aromatic heterocycles. The maximum Gasteiger partial charge on any atom is 0.388 e. The Morgan fingerprint density at radius 3 is 2.67 bits per heavy atom. The van der Waals surface area contributed by atoms with E-state index in [2.05, 4.69) is 4.74 Å². The highest BCUT2D eigenvalue weighted by Gasteiger charge is 2.19. The van der Waals surface area contributed by atoms with E-state index < -0.39 is 18.3 Å². The van der Waals surface area contributed by atoms with E-state index in [0.29, 0.717) is 16.6 Å². The van der Waals surface area contributed by atoms with E-state index in [-0.39, 0.29) is 16.4 Å². The molecule has 1 aromatic carbocycles. The van der Waals surface area contributed by atoms with Gasteiger partial charge in [-0.25, -0.2) is 4.39 Å². The monoisotopic (exact) mass is 355 g/mol. The van der Waals surface area contributed by atoms with E-state index in [1.807, 2.05) is 0 Å². The third kappa shape index (κ3) is 2.84. The van der Waals surface area contributed by atoms with Gasteiger partial charge in [0.2, 0.25) is 0 Å². The van der Waals surface area contributed by atoms with Crippen LogP contribution in [0, 0.1) is 12.7 Å². The summed E-state index contributed by atoms with van der Waals surface area (Å²) in [7, 11) is 1.36. The van der Waals surface area contributed by atoms with Crippen LogP contribution in [-0.4, -0.2) is 24.2 Å². The van der Waals surface area contributed by atoms with Gasteiger partial charge in [-0.15, -0.1) is 11.3 Å². The first-order valence-corrected chi connectivity index (χ1v) is 7.72. The van der Waals surface area contributed by atoms with E-state index in [1.165, 1.54) is 35.3 Å². The molecule has 0 atom stereocenters. The van der Waals surface area contributed by atoms with Gasteiger partial charge in [0, 0.05) is 28.6 Å². The van der Waals surface area contributed by atoms with E-state index in [1.54, 1.807) is 13.0 Å². The van der Waals surface area contributed by atoms with Gasteiger partial charge in [0.05, 0.1) is 18.2 Å². The Morgan fingerprint density at radius 1 is 1.25 bits per heavy atom. The van der Waals surface area contributed by atoms with Crippen molar-refractivity contribution >= 4 is 28.1 Å². The molecule has 3 aromatic rings. The maximum atomic E-state index is 14.0. The summed E-state index contributed by atoms with van der Waals surface area (Å²) >= 11 is 0.893. The number of nitrogens with zero attached hydrogens (tertiary/aromatic N) is 1. The molecule has 0 spiro atoms. The Bertz CT molecular complexity index is 917. The average molecular weight is 355 g/mol. The number of hydrogen-bond acceptors (Lipinski definition) is 4. The average Bonchev–Trinajstić information content (AvgIpc) is 3.09. The van der Waals surface area contributed by atoms with Crippen LogP contribution in [0.1, 0.15) is 16.1 Å². The molecule has 0 unspecified atom stereocenters. The number of rotatable bonds is 4. The first-order valence-electron chi connectivity index (χ1n) is 6.84. The van der Waals surface area contributed by atoms with Crippen molar-refractivity contribution in [1.29, 1.82) is 0 Å². The Kier molecular flexibility index (Phi) is 4.23. The zero-order chi connectivity index (χ0) is 17.4. The number of thiophene rings is 1. The number of halogens is 3. The van der Waals surface area contributed by atoms with E-state index in [9.17, 15) is 18.0 Å². The number of aromatic nitrogens is 1. The Balaban J connectivity index is 2.05. The number of benzene rings is 1. The number of fused-ring (bicyclic) bond motifs is 1. The minimum Gasteiger partial charge on any atom is -0.494 e. The van der Waals surface area contributed by atoms with Gasteiger partial charge in [-0.3, -0.25) is 9.36 Å². The van der Waals surface area contributed by atoms with Crippen LogP contribution in [0.3, 0.4) is 0 Å². The van der Waals surface area contributed by atoms with Gasteiger partial charge in [-0.1, -0.05) is 0 Å². The molecule has 0 saturated carbocycles. The van der Waals surface area contributed by atoms with Crippen LogP contribution in [0.15, 0.2) is 29.6 Å². The second-order valence-corrected chi connectivity index (χ2v) is 5.88. The van der Waals surface area contributed by atoms with Crippen molar-refractivity contribution in [1.82, 2.24) is 4.57 Å². The number of methoxy groups -OCH3 is 1. The first-order chi connectivity index (χ1) is 11.4. The van der Waals surface area contributed by atoms with Crippen LogP contribution in [0.4, 0.5) is 13.2 Å². The van der Waals surface area contributed by atoms with Crippen molar-refractivity contribution in [2.24, 2.45) is 0 Å². The molecule has 0 amide bonds. The van der Waals surface area contributed by atoms with Crippen molar-refractivity contribution in [3.05, 3.63) is 46.7 Å². The summed E-state index contributed by atoms with van der Waals surface area (Å²) in [6, 6.07) is 5.67. The molecule has 0 N–H and O–H groups in total. The largest absolute Gasteiger partial charge is 0.494 e. The van der Waals surface area contributed by atoms with Gasteiger partial charge in [0.15, 0.2) is 16.6 Å². The van der Waals surface area contributed by atoms with Crippen molar-refractivity contribution in [2.45, 2.75) is 13.5 Å². The SMILES string of the molecule is COc1cc2cc(C)n(C(=O)c3csc(OC(F)F)c3)c2cc1F. The predicted octanol–water partition coefficient (Wildman–Crippen LogP) is 4.45. The number of carbonyl (C=O) groups excluding carboxylic acids is 1. The summed E-state index contributed by atoms with van der Waals surface area (Å²) < 4.78 is 49.0. The molecule has 0 bridgehead atoms. The van der Waals surface area contributed by atoms with Crippen LogP contribution in [0.25, 0.3) is 10.9 Å². The quantitative estimate of drug-likeness (QED) is 0.694. The fraction of sp³-hybridized carbons (Fsp3) is 0.188. The zero-order valence-electron chi connectivity index (χ0n) is 12.7. The van der Waals surface area contributed by atoms with Crippen LogP contribution in [-0.2, 0) is 0 Å². The fourth-order valence-electron chi connectivity index (χ4n) is 2.48. The van der Waals surface area contributed by atoms with Gasteiger partial charge in [0.25, 0.3) is 5.91 Å². The number of ether oxygens (including phenoxy) is 2. The highest BCUT2D eigenvalue weighted by molar-refractivity contribution is 7.12. The predicted molar refractivity (Wildman–Crippen MR) is 83.9 cm³/mol. The van der Waals surface area contributed by atoms with Crippen molar-refractivity contribution in [2.75, 3.05) is 7.11 Å². The third-order valence-corrected chi connectivity index (χ3v) is 4.31. The lowest BCUT2D eigenvalue weighted by atomic mass is 10.2. The molecule has 0 aliphatic rings. The molecular weight excluding hydrogens is 343 g/mol. The molecule has 0 aliphatic carbocycles. The van der Waals surface area contributed by atoms with Gasteiger partial charge in [-0.05, 0) is 19.1 Å². The Hall–Kier alpha value is -2.48. The van der Waals surface area contributed by atoms with Crippen LogP contribution < -0.4 is 9.47 Å². The molecule has 0 fully saturated rings. The maximum absolute atomic E-state index is 14.0. The molecule has 126 valence electrons. The number of carbonyl (C=O) groups is 1. The van der Waals surface area contributed by atoms with Crippen LogP contribution in [0.2, 0.25) is 0 Å². The zero-order valence-corrected chi connectivity index (χ0v) is 13.5. The number of aryl methyl sites for hydroxylation is 1. The molecule has 24 heavy (non-hydrogen) atoms. The lowest BCUT2D eigenvalue weighted by Crippen LogP contribution is -2.12. The molecule has 0 radical (unpaired) electrons. The fourth-order valence-corrected chi connectivity index (χ4v) is 3.22. The van der Waals surface area contributed by atoms with Crippen molar-refractivity contribution in [3.8, 4) is 10.8 Å². The third-order valence-electron chi connectivity index (χ3n) is 3.49. The van der Waals surface area contributed by atoms with Gasteiger partial charge >= 0.3 is 6.61 Å².